The fourth-order valence-corrected chi connectivity index (χ4v) is 2.37. The lowest BCUT2D eigenvalue weighted by molar-refractivity contribution is 0.101. The third-order valence-corrected chi connectivity index (χ3v) is 3.58. The van der Waals surface area contributed by atoms with Gasteiger partial charge in [-0.3, -0.25) is 4.79 Å². The molecule has 0 spiro atoms. The first-order valence-corrected chi connectivity index (χ1v) is 5.75. The number of aromatic nitrogens is 2. The number of nitrogens with two attached hydrogens (primary N) is 1. The Balaban J connectivity index is 2.31. The molecule has 7 nitrogen and oxygen atoms in total. The molecule has 0 saturated carbocycles. The highest BCUT2D eigenvalue weighted by Gasteiger charge is 2.20. The van der Waals surface area contributed by atoms with Crippen LogP contribution in [0.3, 0.4) is 0 Å². The lowest BCUT2D eigenvalue weighted by Crippen LogP contribution is -2.14. The maximum absolute atomic E-state index is 11.8. The Morgan fingerprint density at radius 2 is 2.22 bits per heavy atom. The highest BCUT2D eigenvalue weighted by Crippen LogP contribution is 2.31. The molecular weight excluding hydrogens is 254 g/mol. The number of nitriles is 1. The van der Waals surface area contributed by atoms with Crippen LogP contribution >= 0.6 is 11.3 Å². The van der Waals surface area contributed by atoms with Crippen molar-refractivity contribution in [3.05, 3.63) is 21.7 Å². The van der Waals surface area contributed by atoms with Crippen LogP contribution in [0, 0.1) is 25.2 Å². The Hall–Kier alpha value is -2.40. The van der Waals surface area contributed by atoms with Gasteiger partial charge in [0.25, 0.3) is 5.91 Å². The number of amides is 1. The molecule has 0 unspecified atom stereocenters. The molecule has 0 aliphatic carbocycles. The number of rotatable bonds is 2. The van der Waals surface area contributed by atoms with Crippen LogP contribution in [0.25, 0.3) is 0 Å². The third kappa shape index (κ3) is 1.91. The van der Waals surface area contributed by atoms with E-state index in [4.69, 9.17) is 11.0 Å². The van der Waals surface area contributed by atoms with Crippen molar-refractivity contribution < 1.29 is 9.42 Å². The molecule has 18 heavy (non-hydrogen) atoms. The number of nitrogens with zero attached hydrogens (tertiary/aromatic N) is 3. The second-order valence-electron chi connectivity index (χ2n) is 3.55. The lowest BCUT2D eigenvalue weighted by Gasteiger charge is -1.99. The second-order valence-corrected chi connectivity index (χ2v) is 4.78. The summed E-state index contributed by atoms with van der Waals surface area (Å²) in [5, 5.41) is 18.8. The zero-order valence-corrected chi connectivity index (χ0v) is 10.5. The summed E-state index contributed by atoms with van der Waals surface area (Å²) in [6.07, 6.45) is 0. The summed E-state index contributed by atoms with van der Waals surface area (Å²) in [4.78, 5) is 12.8. The maximum Gasteiger partial charge on any atom is 0.282 e. The van der Waals surface area contributed by atoms with E-state index in [0.29, 0.717) is 10.6 Å². The predicted molar refractivity (Wildman–Crippen MR) is 65.2 cm³/mol. The van der Waals surface area contributed by atoms with Crippen molar-refractivity contribution in [2.24, 2.45) is 0 Å². The van der Waals surface area contributed by atoms with E-state index in [0.717, 1.165) is 10.4 Å². The molecule has 1 amide bonds. The van der Waals surface area contributed by atoms with E-state index in [1.807, 2.05) is 13.8 Å². The number of thiophene rings is 1. The Morgan fingerprint density at radius 1 is 1.50 bits per heavy atom. The summed E-state index contributed by atoms with van der Waals surface area (Å²) >= 11 is 1.32. The number of hydrogen-bond acceptors (Lipinski definition) is 7. The van der Waals surface area contributed by atoms with Gasteiger partial charge in [-0.25, -0.2) is 4.63 Å². The summed E-state index contributed by atoms with van der Waals surface area (Å²) in [5.74, 6) is -0.637. The number of anilines is 2. The highest BCUT2D eigenvalue weighted by atomic mass is 32.1. The van der Waals surface area contributed by atoms with Gasteiger partial charge in [-0.15, -0.1) is 11.3 Å². The van der Waals surface area contributed by atoms with Gasteiger partial charge in [0, 0.05) is 4.88 Å². The van der Waals surface area contributed by atoms with Crippen LogP contribution in [0.2, 0.25) is 0 Å². The van der Waals surface area contributed by atoms with Crippen molar-refractivity contribution in [3.8, 4) is 6.07 Å². The van der Waals surface area contributed by atoms with E-state index in [1.54, 1.807) is 0 Å². The summed E-state index contributed by atoms with van der Waals surface area (Å²) in [6.45, 7) is 3.70. The number of hydrogen-bond donors (Lipinski definition) is 2. The number of carbonyl (C=O) groups is 1. The topological polar surface area (TPSA) is 118 Å². The Morgan fingerprint density at radius 3 is 2.78 bits per heavy atom. The summed E-state index contributed by atoms with van der Waals surface area (Å²) in [7, 11) is 0. The Kier molecular flexibility index (Phi) is 2.99. The smallest absolute Gasteiger partial charge is 0.282 e. The summed E-state index contributed by atoms with van der Waals surface area (Å²) < 4.78 is 4.34. The van der Waals surface area contributed by atoms with Crippen molar-refractivity contribution in [2.45, 2.75) is 13.8 Å². The van der Waals surface area contributed by atoms with Crippen molar-refractivity contribution >= 4 is 28.1 Å². The minimum Gasteiger partial charge on any atom is -0.379 e. The van der Waals surface area contributed by atoms with Gasteiger partial charge >= 0.3 is 0 Å². The fourth-order valence-electron chi connectivity index (χ4n) is 1.36. The molecular formula is C10H9N5O2S. The van der Waals surface area contributed by atoms with Crippen molar-refractivity contribution in [2.75, 3.05) is 11.1 Å². The first kappa shape index (κ1) is 12.1. The minimum atomic E-state index is -0.550. The van der Waals surface area contributed by atoms with E-state index in [2.05, 4.69) is 26.3 Å². The Bertz CT molecular complexity index is 652. The van der Waals surface area contributed by atoms with Crippen LogP contribution in [-0.2, 0) is 0 Å². The first-order chi connectivity index (χ1) is 8.54. The van der Waals surface area contributed by atoms with Gasteiger partial charge in [0.2, 0.25) is 11.5 Å². The van der Waals surface area contributed by atoms with E-state index in [-0.39, 0.29) is 11.5 Å². The molecule has 0 fully saturated rings. The van der Waals surface area contributed by atoms with Gasteiger partial charge in [0.1, 0.15) is 11.1 Å². The molecule has 0 atom stereocenters. The Labute approximate surface area is 106 Å². The van der Waals surface area contributed by atoms with Crippen LogP contribution < -0.4 is 11.1 Å². The number of carbonyl (C=O) groups excluding carboxylic acids is 1. The molecule has 0 aliphatic heterocycles. The normalized spacial score (nSPS) is 10.1. The number of nitrogens with one attached hydrogen (secondary N) is 1. The van der Waals surface area contributed by atoms with Crippen LogP contribution in [0.1, 0.15) is 26.5 Å². The zero-order valence-electron chi connectivity index (χ0n) is 9.64. The summed E-state index contributed by atoms with van der Waals surface area (Å²) in [5.41, 5.74) is 6.61. The molecule has 3 N–H and O–H groups in total. The monoisotopic (exact) mass is 263 g/mol. The van der Waals surface area contributed by atoms with Crippen LogP contribution in [-0.4, -0.2) is 16.2 Å². The van der Waals surface area contributed by atoms with Gasteiger partial charge in [-0.1, -0.05) is 0 Å². The quantitative estimate of drug-likeness (QED) is 0.846. The average molecular weight is 263 g/mol. The minimum absolute atomic E-state index is 0.0870. The maximum atomic E-state index is 11.8. The first-order valence-electron chi connectivity index (χ1n) is 4.94. The molecule has 2 aromatic rings. The molecule has 2 rings (SSSR count). The van der Waals surface area contributed by atoms with Gasteiger partial charge in [-0.05, 0) is 29.7 Å². The molecule has 0 bridgehead atoms. The van der Waals surface area contributed by atoms with Gasteiger partial charge in [0.05, 0.1) is 5.56 Å². The van der Waals surface area contributed by atoms with Crippen molar-refractivity contribution in [3.63, 3.8) is 0 Å². The highest BCUT2D eigenvalue weighted by molar-refractivity contribution is 7.16. The van der Waals surface area contributed by atoms with Gasteiger partial charge < -0.3 is 11.1 Å². The van der Waals surface area contributed by atoms with Crippen LogP contribution in [0.4, 0.5) is 10.8 Å². The van der Waals surface area contributed by atoms with E-state index in [1.165, 1.54) is 11.3 Å². The molecule has 0 saturated heterocycles. The number of nitrogen functional groups attached to an aromatic ring is 1. The zero-order chi connectivity index (χ0) is 13.3. The SMILES string of the molecule is Cc1sc(NC(=O)c2nonc2N)c(C#N)c1C. The molecule has 0 aromatic carbocycles. The average Bonchev–Trinajstić information content (AvgIpc) is 2.85. The molecule has 0 radical (unpaired) electrons. The lowest BCUT2D eigenvalue weighted by atomic mass is 10.2. The van der Waals surface area contributed by atoms with E-state index >= 15 is 0 Å². The third-order valence-electron chi connectivity index (χ3n) is 2.45. The van der Waals surface area contributed by atoms with E-state index < -0.39 is 5.91 Å². The molecule has 92 valence electrons. The second kappa shape index (κ2) is 4.46. The largest absolute Gasteiger partial charge is 0.379 e. The summed E-state index contributed by atoms with van der Waals surface area (Å²) in [6, 6.07) is 2.05. The van der Waals surface area contributed by atoms with E-state index in [9.17, 15) is 4.79 Å². The predicted octanol–water partition coefficient (Wildman–Crippen LogP) is 1.45. The fraction of sp³-hybridized carbons (Fsp3) is 0.200. The standard InChI is InChI=1S/C10H9N5O2S/c1-4-5(2)18-10(6(4)3-11)13-9(16)7-8(12)15-17-14-7/h1-2H3,(H2,12,15)(H,13,16). The molecule has 2 heterocycles. The molecule has 8 heteroatoms. The number of aryl methyl sites for hydroxylation is 1. The van der Waals surface area contributed by atoms with Crippen LogP contribution in [0.5, 0.6) is 0 Å². The molecule has 2 aromatic heterocycles. The van der Waals surface area contributed by atoms with Gasteiger partial charge in [0.15, 0.2) is 0 Å². The molecule has 0 aliphatic rings. The van der Waals surface area contributed by atoms with Gasteiger partial charge in [-0.2, -0.15) is 5.26 Å². The van der Waals surface area contributed by atoms with Crippen molar-refractivity contribution in [1.82, 2.24) is 10.3 Å². The van der Waals surface area contributed by atoms with Crippen LogP contribution in [0.15, 0.2) is 4.63 Å². The van der Waals surface area contributed by atoms with Crippen molar-refractivity contribution in [1.29, 1.82) is 5.26 Å².